The van der Waals surface area contributed by atoms with Crippen LogP contribution in [0.15, 0.2) is 0 Å². The van der Waals surface area contributed by atoms with Crippen LogP contribution in [-0.2, 0) is 4.79 Å². The van der Waals surface area contributed by atoms with Gasteiger partial charge in [0.25, 0.3) is 0 Å². The van der Waals surface area contributed by atoms with Crippen LogP contribution >= 0.6 is 0 Å². The molecule has 5 fully saturated rings. The van der Waals surface area contributed by atoms with Crippen LogP contribution in [0.3, 0.4) is 0 Å². The molecule has 5 aliphatic rings. The van der Waals surface area contributed by atoms with Crippen LogP contribution in [0.2, 0.25) is 0 Å². The number of amides is 1. The molecular weight excluding hydrogens is 236 g/mol. The number of piperazine rings is 1. The Hall–Kier alpha value is -0.570. The zero-order valence-electron chi connectivity index (χ0n) is 12.0. The Balaban J connectivity index is 1.56. The lowest BCUT2D eigenvalue weighted by Crippen LogP contribution is -2.59. The summed E-state index contributed by atoms with van der Waals surface area (Å²) in [4.78, 5) is 15.3. The Morgan fingerprint density at radius 2 is 1.68 bits per heavy atom. The van der Waals surface area contributed by atoms with Gasteiger partial charge in [0.15, 0.2) is 0 Å². The number of hydrogen-bond acceptors (Lipinski definition) is 2. The number of nitrogens with one attached hydrogen (secondary N) is 1. The zero-order chi connectivity index (χ0) is 13.0. The van der Waals surface area contributed by atoms with E-state index < -0.39 is 0 Å². The van der Waals surface area contributed by atoms with Crippen molar-refractivity contribution >= 4 is 5.91 Å². The summed E-state index contributed by atoms with van der Waals surface area (Å²) in [5, 5.41) is 3.45. The standard InChI is InChI=1S/C16H26N2O/c1-11-10-18(3-2-17-11)15(19)16-7-12-4-13(8-16)6-14(5-12)9-16/h11-14,17H,2-10H2,1H3/t11-,12?,13?,14?,16?/m1/s1. The zero-order valence-corrected chi connectivity index (χ0v) is 12.0. The molecule has 1 N–H and O–H groups in total. The topological polar surface area (TPSA) is 32.3 Å². The number of carbonyl (C=O) groups is 1. The van der Waals surface area contributed by atoms with E-state index in [2.05, 4.69) is 17.1 Å². The summed E-state index contributed by atoms with van der Waals surface area (Å²) in [6, 6.07) is 0.464. The van der Waals surface area contributed by atoms with Gasteiger partial charge in [-0.05, 0) is 63.2 Å². The molecule has 1 saturated heterocycles. The number of hydrogen-bond donors (Lipinski definition) is 1. The van der Waals surface area contributed by atoms with Gasteiger partial charge in [-0.15, -0.1) is 0 Å². The van der Waals surface area contributed by atoms with Crippen molar-refractivity contribution in [3.05, 3.63) is 0 Å². The number of carbonyl (C=O) groups excluding carboxylic acids is 1. The van der Waals surface area contributed by atoms with Crippen molar-refractivity contribution in [2.45, 2.75) is 51.5 Å². The second-order valence-electron chi connectivity index (χ2n) is 7.80. The third-order valence-electron chi connectivity index (χ3n) is 6.15. The van der Waals surface area contributed by atoms with Crippen molar-refractivity contribution in [2.75, 3.05) is 19.6 Å². The minimum atomic E-state index is 0.0613. The Morgan fingerprint density at radius 3 is 2.21 bits per heavy atom. The first-order valence-electron chi connectivity index (χ1n) is 8.17. The number of nitrogens with zero attached hydrogens (tertiary/aromatic N) is 1. The maximum absolute atomic E-state index is 13.1. The summed E-state index contributed by atoms with van der Waals surface area (Å²) >= 11 is 0. The molecule has 4 saturated carbocycles. The summed E-state index contributed by atoms with van der Waals surface area (Å²) in [5.74, 6) is 3.13. The Bertz CT molecular complexity index is 357. The van der Waals surface area contributed by atoms with E-state index in [1.807, 2.05) is 0 Å². The lowest BCUT2D eigenvalue weighted by molar-refractivity contribution is -0.158. The fourth-order valence-electron chi connectivity index (χ4n) is 5.82. The molecule has 5 rings (SSSR count). The van der Waals surface area contributed by atoms with E-state index >= 15 is 0 Å². The van der Waals surface area contributed by atoms with E-state index in [-0.39, 0.29) is 5.41 Å². The van der Waals surface area contributed by atoms with Gasteiger partial charge in [0, 0.05) is 25.7 Å². The summed E-state index contributed by atoms with van der Waals surface area (Å²) in [5.41, 5.74) is 0.0613. The van der Waals surface area contributed by atoms with Gasteiger partial charge >= 0.3 is 0 Å². The van der Waals surface area contributed by atoms with E-state index in [9.17, 15) is 4.79 Å². The quantitative estimate of drug-likeness (QED) is 0.784. The molecule has 0 spiro atoms. The average molecular weight is 262 g/mol. The third kappa shape index (κ3) is 1.93. The monoisotopic (exact) mass is 262 g/mol. The van der Waals surface area contributed by atoms with Gasteiger partial charge in [-0.2, -0.15) is 0 Å². The smallest absolute Gasteiger partial charge is 0.228 e. The van der Waals surface area contributed by atoms with Crippen molar-refractivity contribution in [2.24, 2.45) is 23.2 Å². The molecule has 1 aliphatic heterocycles. The molecule has 4 aliphatic carbocycles. The van der Waals surface area contributed by atoms with E-state index in [1.165, 1.54) is 38.5 Å². The van der Waals surface area contributed by atoms with Gasteiger partial charge in [0.1, 0.15) is 0 Å². The van der Waals surface area contributed by atoms with Gasteiger partial charge in [-0.1, -0.05) is 0 Å². The highest BCUT2D eigenvalue weighted by Gasteiger charge is 2.55. The Kier molecular flexibility index (Phi) is 2.70. The molecule has 3 nitrogen and oxygen atoms in total. The minimum Gasteiger partial charge on any atom is -0.339 e. The van der Waals surface area contributed by atoms with Crippen LogP contribution in [0.4, 0.5) is 0 Å². The summed E-state index contributed by atoms with van der Waals surface area (Å²) < 4.78 is 0. The first-order chi connectivity index (χ1) is 9.14. The predicted molar refractivity (Wildman–Crippen MR) is 74.6 cm³/mol. The van der Waals surface area contributed by atoms with E-state index in [4.69, 9.17) is 0 Å². The van der Waals surface area contributed by atoms with E-state index in [1.54, 1.807) is 0 Å². The van der Waals surface area contributed by atoms with Crippen LogP contribution in [0.5, 0.6) is 0 Å². The molecule has 19 heavy (non-hydrogen) atoms. The second-order valence-corrected chi connectivity index (χ2v) is 7.80. The van der Waals surface area contributed by atoms with Crippen LogP contribution in [0, 0.1) is 23.2 Å². The summed E-state index contributed by atoms with van der Waals surface area (Å²) in [6.07, 6.45) is 7.88. The molecule has 1 atom stereocenters. The predicted octanol–water partition coefficient (Wildman–Crippen LogP) is 2.02. The van der Waals surface area contributed by atoms with E-state index in [0.717, 1.165) is 37.4 Å². The largest absolute Gasteiger partial charge is 0.339 e. The molecule has 106 valence electrons. The van der Waals surface area contributed by atoms with Crippen LogP contribution in [0.1, 0.15) is 45.4 Å². The number of rotatable bonds is 1. The molecule has 0 unspecified atom stereocenters. The SMILES string of the molecule is C[C@@H]1CN(C(=O)C23CC4CC(CC(C4)C2)C3)CCN1. The average Bonchev–Trinajstić information content (AvgIpc) is 2.36. The van der Waals surface area contributed by atoms with Gasteiger partial charge < -0.3 is 10.2 Å². The van der Waals surface area contributed by atoms with Crippen molar-refractivity contribution in [3.63, 3.8) is 0 Å². The van der Waals surface area contributed by atoms with Crippen molar-refractivity contribution in [3.8, 4) is 0 Å². The van der Waals surface area contributed by atoms with Gasteiger partial charge in [0.2, 0.25) is 5.91 Å². The summed E-state index contributed by atoms with van der Waals surface area (Å²) in [7, 11) is 0. The van der Waals surface area contributed by atoms with Crippen LogP contribution in [0.25, 0.3) is 0 Å². The second kappa shape index (κ2) is 4.21. The maximum Gasteiger partial charge on any atom is 0.228 e. The van der Waals surface area contributed by atoms with Crippen molar-refractivity contribution in [1.82, 2.24) is 10.2 Å². The summed E-state index contributed by atoms with van der Waals surface area (Å²) in [6.45, 7) is 5.00. The maximum atomic E-state index is 13.1. The molecule has 0 aromatic carbocycles. The highest BCUT2D eigenvalue weighted by atomic mass is 16.2. The van der Waals surface area contributed by atoms with Gasteiger partial charge in [-0.3, -0.25) is 4.79 Å². The lowest BCUT2D eigenvalue weighted by Gasteiger charge is -2.57. The molecule has 0 aromatic heterocycles. The van der Waals surface area contributed by atoms with E-state index in [0.29, 0.717) is 11.9 Å². The van der Waals surface area contributed by atoms with Gasteiger partial charge in [-0.25, -0.2) is 0 Å². The minimum absolute atomic E-state index is 0.0613. The Labute approximate surface area is 116 Å². The Morgan fingerprint density at radius 1 is 1.11 bits per heavy atom. The normalized spacial score (nSPS) is 48.6. The lowest BCUT2D eigenvalue weighted by atomic mass is 9.49. The molecule has 0 aromatic rings. The van der Waals surface area contributed by atoms with Crippen molar-refractivity contribution < 1.29 is 4.79 Å². The highest BCUT2D eigenvalue weighted by Crippen LogP contribution is 2.60. The fraction of sp³-hybridized carbons (Fsp3) is 0.938. The molecule has 0 radical (unpaired) electrons. The van der Waals surface area contributed by atoms with Crippen molar-refractivity contribution in [1.29, 1.82) is 0 Å². The van der Waals surface area contributed by atoms with Crippen LogP contribution < -0.4 is 5.32 Å². The van der Waals surface area contributed by atoms with Gasteiger partial charge in [0.05, 0.1) is 5.41 Å². The molecule has 3 heteroatoms. The molecule has 1 heterocycles. The first kappa shape index (κ1) is 12.2. The third-order valence-corrected chi connectivity index (χ3v) is 6.15. The molecular formula is C16H26N2O. The fourth-order valence-corrected chi connectivity index (χ4v) is 5.82. The van der Waals surface area contributed by atoms with Crippen LogP contribution in [-0.4, -0.2) is 36.5 Å². The first-order valence-corrected chi connectivity index (χ1v) is 8.17. The molecule has 4 bridgehead atoms. The highest BCUT2D eigenvalue weighted by molar-refractivity contribution is 5.83. The molecule has 1 amide bonds.